The summed E-state index contributed by atoms with van der Waals surface area (Å²) < 4.78 is 45.4. The van der Waals surface area contributed by atoms with E-state index in [1.807, 2.05) is 0 Å². The van der Waals surface area contributed by atoms with Gasteiger partial charge in [0.05, 0.1) is 6.61 Å². The lowest BCUT2D eigenvalue weighted by Gasteiger charge is -2.11. The number of halogens is 3. The normalized spacial score (nSPS) is 11.1. The highest BCUT2D eigenvalue weighted by Crippen LogP contribution is 2.31. The van der Waals surface area contributed by atoms with Crippen molar-refractivity contribution in [1.82, 2.24) is 0 Å². The SMILES string of the molecule is CCOC(=O)c1ccc(-c2cccc(OC(F)(F)F)c2)cc1O. The minimum Gasteiger partial charge on any atom is -0.507 e. The Morgan fingerprint density at radius 1 is 1.13 bits per heavy atom. The number of benzene rings is 2. The zero-order chi connectivity index (χ0) is 17.0. The Morgan fingerprint density at radius 2 is 1.83 bits per heavy atom. The van der Waals surface area contributed by atoms with Gasteiger partial charge in [-0.1, -0.05) is 18.2 Å². The van der Waals surface area contributed by atoms with Gasteiger partial charge in [0.2, 0.25) is 0 Å². The van der Waals surface area contributed by atoms with Gasteiger partial charge >= 0.3 is 12.3 Å². The number of esters is 1. The molecule has 7 heteroatoms. The highest BCUT2D eigenvalue weighted by molar-refractivity contribution is 5.93. The van der Waals surface area contributed by atoms with E-state index in [0.29, 0.717) is 11.1 Å². The minimum atomic E-state index is -4.78. The van der Waals surface area contributed by atoms with E-state index >= 15 is 0 Å². The lowest BCUT2D eigenvalue weighted by molar-refractivity contribution is -0.274. The maximum absolute atomic E-state index is 12.2. The van der Waals surface area contributed by atoms with Gasteiger partial charge in [0.15, 0.2) is 0 Å². The quantitative estimate of drug-likeness (QED) is 0.858. The maximum atomic E-state index is 12.2. The number of phenols is 1. The number of rotatable bonds is 4. The Balaban J connectivity index is 2.31. The Morgan fingerprint density at radius 3 is 2.43 bits per heavy atom. The number of hydrogen-bond acceptors (Lipinski definition) is 4. The van der Waals surface area contributed by atoms with Crippen LogP contribution in [0.25, 0.3) is 11.1 Å². The largest absolute Gasteiger partial charge is 0.573 e. The van der Waals surface area contributed by atoms with Gasteiger partial charge in [-0.05, 0) is 42.3 Å². The summed E-state index contributed by atoms with van der Waals surface area (Å²) in [6.45, 7) is 1.80. The zero-order valence-electron chi connectivity index (χ0n) is 12.1. The van der Waals surface area contributed by atoms with Crippen molar-refractivity contribution in [3.63, 3.8) is 0 Å². The lowest BCUT2D eigenvalue weighted by Crippen LogP contribution is -2.17. The molecule has 0 spiro atoms. The number of carbonyl (C=O) groups is 1. The summed E-state index contributed by atoms with van der Waals surface area (Å²) in [6, 6.07) is 9.43. The van der Waals surface area contributed by atoms with Gasteiger partial charge in [0.1, 0.15) is 17.1 Å². The third-order valence-electron chi connectivity index (χ3n) is 2.89. The molecule has 2 aromatic carbocycles. The predicted molar refractivity (Wildman–Crippen MR) is 76.2 cm³/mol. The molecule has 0 radical (unpaired) electrons. The van der Waals surface area contributed by atoms with Gasteiger partial charge in [0.25, 0.3) is 0 Å². The second-order valence-electron chi connectivity index (χ2n) is 4.53. The summed E-state index contributed by atoms with van der Waals surface area (Å²) in [7, 11) is 0. The van der Waals surface area contributed by atoms with Crippen LogP contribution in [0.3, 0.4) is 0 Å². The predicted octanol–water partition coefficient (Wildman–Crippen LogP) is 4.13. The fourth-order valence-corrected chi connectivity index (χ4v) is 1.97. The van der Waals surface area contributed by atoms with E-state index in [2.05, 4.69) is 4.74 Å². The first-order valence-corrected chi connectivity index (χ1v) is 6.66. The van der Waals surface area contributed by atoms with Crippen molar-refractivity contribution in [2.75, 3.05) is 6.61 Å². The molecule has 0 saturated heterocycles. The first kappa shape index (κ1) is 16.7. The van der Waals surface area contributed by atoms with Crippen LogP contribution in [0.5, 0.6) is 11.5 Å². The van der Waals surface area contributed by atoms with Crippen LogP contribution in [-0.4, -0.2) is 24.0 Å². The molecule has 23 heavy (non-hydrogen) atoms. The van der Waals surface area contributed by atoms with Crippen molar-refractivity contribution in [3.05, 3.63) is 48.0 Å². The molecule has 0 saturated carbocycles. The number of phenolic OH excluding ortho intramolecular Hbond substituents is 1. The third-order valence-corrected chi connectivity index (χ3v) is 2.89. The zero-order valence-corrected chi connectivity index (χ0v) is 12.1. The standard InChI is InChI=1S/C16H13F3O4/c1-2-22-15(21)13-7-6-11(9-14(13)20)10-4-3-5-12(8-10)23-16(17,18)19/h3-9,20H,2H2,1H3. The Hall–Kier alpha value is -2.70. The molecule has 2 aromatic rings. The maximum Gasteiger partial charge on any atom is 0.573 e. The van der Waals surface area contributed by atoms with Crippen molar-refractivity contribution in [2.24, 2.45) is 0 Å². The van der Waals surface area contributed by atoms with E-state index < -0.39 is 12.3 Å². The first-order valence-electron chi connectivity index (χ1n) is 6.66. The van der Waals surface area contributed by atoms with Crippen LogP contribution in [0, 0.1) is 0 Å². The smallest absolute Gasteiger partial charge is 0.507 e. The lowest BCUT2D eigenvalue weighted by atomic mass is 10.0. The summed E-state index contributed by atoms with van der Waals surface area (Å²) in [6.07, 6.45) is -4.78. The molecule has 1 N–H and O–H groups in total. The molecule has 0 bridgehead atoms. The highest BCUT2D eigenvalue weighted by atomic mass is 19.4. The molecule has 2 rings (SSSR count). The molecule has 122 valence electrons. The summed E-state index contributed by atoms with van der Waals surface area (Å²) >= 11 is 0. The fraction of sp³-hybridized carbons (Fsp3) is 0.188. The monoisotopic (exact) mass is 326 g/mol. The van der Waals surface area contributed by atoms with E-state index in [1.54, 1.807) is 13.0 Å². The van der Waals surface area contributed by atoms with Crippen LogP contribution >= 0.6 is 0 Å². The van der Waals surface area contributed by atoms with Gasteiger partial charge in [0, 0.05) is 0 Å². The van der Waals surface area contributed by atoms with Crippen LogP contribution in [0.2, 0.25) is 0 Å². The summed E-state index contributed by atoms with van der Waals surface area (Å²) in [5, 5.41) is 9.89. The molecular formula is C16H13F3O4. The molecule has 0 heterocycles. The second-order valence-corrected chi connectivity index (χ2v) is 4.53. The third kappa shape index (κ3) is 4.38. The number of ether oxygens (including phenoxy) is 2. The molecule has 0 aliphatic rings. The Kier molecular flexibility index (Phi) is 4.78. The van der Waals surface area contributed by atoms with Crippen molar-refractivity contribution in [2.45, 2.75) is 13.3 Å². The number of alkyl halides is 3. The van der Waals surface area contributed by atoms with Crippen LogP contribution in [0.15, 0.2) is 42.5 Å². The van der Waals surface area contributed by atoms with Gasteiger partial charge in [-0.2, -0.15) is 0 Å². The molecule has 0 fully saturated rings. The van der Waals surface area contributed by atoms with E-state index in [-0.39, 0.29) is 23.7 Å². The second kappa shape index (κ2) is 6.60. The molecule has 0 unspecified atom stereocenters. The molecule has 0 amide bonds. The van der Waals surface area contributed by atoms with Gasteiger partial charge in [-0.25, -0.2) is 4.79 Å². The molecule has 0 atom stereocenters. The van der Waals surface area contributed by atoms with E-state index in [4.69, 9.17) is 4.74 Å². The van der Waals surface area contributed by atoms with Gasteiger partial charge in [-0.3, -0.25) is 0 Å². The van der Waals surface area contributed by atoms with E-state index in [0.717, 1.165) is 0 Å². The van der Waals surface area contributed by atoms with Crippen molar-refractivity contribution in [3.8, 4) is 22.6 Å². The fourth-order valence-electron chi connectivity index (χ4n) is 1.97. The number of aromatic hydroxyl groups is 1. The van der Waals surface area contributed by atoms with E-state index in [1.165, 1.54) is 36.4 Å². The topological polar surface area (TPSA) is 55.8 Å². The molecule has 4 nitrogen and oxygen atoms in total. The first-order chi connectivity index (χ1) is 10.8. The van der Waals surface area contributed by atoms with Crippen molar-refractivity contribution in [1.29, 1.82) is 0 Å². The van der Waals surface area contributed by atoms with E-state index in [9.17, 15) is 23.1 Å². The molecule has 0 aliphatic carbocycles. The van der Waals surface area contributed by atoms with Crippen LogP contribution in [0.4, 0.5) is 13.2 Å². The van der Waals surface area contributed by atoms with Gasteiger partial charge < -0.3 is 14.6 Å². The number of carbonyl (C=O) groups excluding carboxylic acids is 1. The average Bonchev–Trinajstić information content (AvgIpc) is 2.45. The molecular weight excluding hydrogens is 313 g/mol. The number of hydrogen-bond donors (Lipinski definition) is 1. The minimum absolute atomic E-state index is 0.0155. The Bertz CT molecular complexity index is 711. The van der Waals surface area contributed by atoms with Crippen LogP contribution in [0.1, 0.15) is 17.3 Å². The summed E-state index contributed by atoms with van der Waals surface area (Å²) in [4.78, 5) is 11.6. The van der Waals surface area contributed by atoms with Gasteiger partial charge in [-0.15, -0.1) is 13.2 Å². The van der Waals surface area contributed by atoms with Crippen LogP contribution in [-0.2, 0) is 4.74 Å². The molecule has 0 aliphatic heterocycles. The van der Waals surface area contributed by atoms with Crippen molar-refractivity contribution < 1.29 is 32.5 Å². The van der Waals surface area contributed by atoms with Crippen molar-refractivity contribution >= 4 is 5.97 Å². The molecule has 0 aromatic heterocycles. The van der Waals surface area contributed by atoms with Crippen LogP contribution < -0.4 is 4.74 Å². The summed E-state index contributed by atoms with van der Waals surface area (Å²) in [5.74, 6) is -1.36. The summed E-state index contributed by atoms with van der Waals surface area (Å²) in [5.41, 5.74) is 0.818. The average molecular weight is 326 g/mol. The highest BCUT2D eigenvalue weighted by Gasteiger charge is 2.31. The Labute approximate surface area is 130 Å².